The van der Waals surface area contributed by atoms with Crippen LogP contribution in [0.4, 0.5) is 0 Å². The van der Waals surface area contributed by atoms with Gasteiger partial charge in [-0.1, -0.05) is 43.9 Å². The molecule has 0 aliphatic rings. The minimum absolute atomic E-state index is 0. The second-order valence-electron chi connectivity index (χ2n) is 5.88. The number of ether oxygens (including phenoxy) is 4. The van der Waals surface area contributed by atoms with Gasteiger partial charge in [-0.3, -0.25) is 9.59 Å². The molecular formula is C26H49O8-. The maximum absolute atomic E-state index is 10.7. The van der Waals surface area contributed by atoms with Gasteiger partial charge in [-0.15, -0.1) is 13.2 Å². The molecule has 202 valence electrons. The zero-order valence-electron chi connectivity index (χ0n) is 22.4. The van der Waals surface area contributed by atoms with Gasteiger partial charge in [0.15, 0.2) is 0 Å². The maximum atomic E-state index is 10.7. The van der Waals surface area contributed by atoms with Crippen LogP contribution in [0.1, 0.15) is 60.8 Å². The molecule has 0 atom stereocenters. The fourth-order valence-electron chi connectivity index (χ4n) is 1.63. The average Bonchev–Trinajstić information content (AvgIpc) is 2.78. The normalized spacial score (nSPS) is 9.65. The molecule has 0 aromatic rings. The van der Waals surface area contributed by atoms with E-state index in [1.807, 2.05) is 32.9 Å². The van der Waals surface area contributed by atoms with Crippen molar-refractivity contribution in [2.75, 3.05) is 26.4 Å². The molecule has 8 nitrogen and oxygen atoms in total. The van der Waals surface area contributed by atoms with Crippen molar-refractivity contribution in [3.63, 3.8) is 0 Å². The van der Waals surface area contributed by atoms with Crippen molar-refractivity contribution >= 4 is 11.9 Å². The molecule has 0 aromatic heterocycles. The molecule has 8 heteroatoms. The highest BCUT2D eigenvalue weighted by atomic mass is 16.9. The van der Waals surface area contributed by atoms with E-state index in [2.05, 4.69) is 19.7 Å². The summed E-state index contributed by atoms with van der Waals surface area (Å²) in [6, 6.07) is 0. The Kier molecular flexibility index (Phi) is 40.6. The van der Waals surface area contributed by atoms with Crippen LogP contribution in [0.5, 0.6) is 0 Å². The van der Waals surface area contributed by atoms with E-state index in [1.54, 1.807) is 26.8 Å². The average molecular weight is 490 g/mol. The van der Waals surface area contributed by atoms with Gasteiger partial charge in [0, 0.05) is 39.6 Å². The van der Waals surface area contributed by atoms with Crippen LogP contribution in [-0.2, 0) is 28.5 Å². The summed E-state index contributed by atoms with van der Waals surface area (Å²) in [5.74, 6) is -1.73. The SMILES string of the molecule is C=C/C=C/CCC(=O)OCC.C=CC(O)C=C.CCC(=O)O.CCOC(C)(OCC)OCC.[CH3-]. The monoisotopic (exact) mass is 489 g/mol. The number of allylic oxidation sites excluding steroid dienone is 3. The fourth-order valence-corrected chi connectivity index (χ4v) is 1.63. The van der Waals surface area contributed by atoms with Crippen molar-refractivity contribution in [1.82, 2.24) is 0 Å². The number of aliphatic hydroxyl groups excluding tert-OH is 1. The molecular weight excluding hydrogens is 440 g/mol. The molecule has 0 saturated heterocycles. The van der Waals surface area contributed by atoms with Gasteiger partial charge in [-0.2, -0.15) is 0 Å². The Morgan fingerprint density at radius 1 is 0.912 bits per heavy atom. The molecule has 2 N–H and O–H groups in total. The van der Waals surface area contributed by atoms with E-state index in [4.69, 9.17) is 29.2 Å². The van der Waals surface area contributed by atoms with E-state index in [0.29, 0.717) is 32.8 Å². The van der Waals surface area contributed by atoms with E-state index >= 15 is 0 Å². The van der Waals surface area contributed by atoms with Gasteiger partial charge in [0.25, 0.3) is 5.97 Å². The molecule has 0 fully saturated rings. The maximum Gasteiger partial charge on any atom is 0.306 e. The number of aliphatic carboxylic acids is 1. The Morgan fingerprint density at radius 2 is 1.32 bits per heavy atom. The van der Waals surface area contributed by atoms with Crippen LogP contribution in [0.15, 0.2) is 50.1 Å². The molecule has 0 aliphatic carbocycles. The summed E-state index contributed by atoms with van der Waals surface area (Å²) in [7, 11) is 0. The highest BCUT2D eigenvalue weighted by Gasteiger charge is 2.24. The Morgan fingerprint density at radius 3 is 1.56 bits per heavy atom. The van der Waals surface area contributed by atoms with Crippen LogP contribution < -0.4 is 0 Å². The van der Waals surface area contributed by atoms with Crippen molar-refractivity contribution in [2.24, 2.45) is 0 Å². The molecule has 0 amide bonds. The number of carbonyl (C=O) groups is 2. The molecule has 0 saturated carbocycles. The van der Waals surface area contributed by atoms with E-state index in [-0.39, 0.29) is 19.8 Å². The first-order valence-electron chi connectivity index (χ1n) is 11.1. The largest absolute Gasteiger partial charge is 0.481 e. The Hall–Kier alpha value is -2.26. The Labute approximate surface area is 207 Å². The summed E-state index contributed by atoms with van der Waals surface area (Å²) in [6.07, 6.45) is 9.09. The lowest BCUT2D eigenvalue weighted by Gasteiger charge is -2.27. The molecule has 0 aromatic carbocycles. The lowest BCUT2D eigenvalue weighted by atomic mass is 10.3. The minimum atomic E-state index is -0.849. The van der Waals surface area contributed by atoms with Crippen LogP contribution in [0.25, 0.3) is 0 Å². The van der Waals surface area contributed by atoms with Crippen LogP contribution >= 0.6 is 0 Å². The van der Waals surface area contributed by atoms with Crippen LogP contribution in [-0.4, -0.2) is 60.7 Å². The van der Waals surface area contributed by atoms with Gasteiger partial charge in [0.2, 0.25) is 0 Å². The van der Waals surface area contributed by atoms with Crippen molar-refractivity contribution in [3.05, 3.63) is 57.5 Å². The number of carboxylic acid groups (broad SMARTS) is 1. The number of rotatable bonds is 14. The third kappa shape index (κ3) is 40.1. The van der Waals surface area contributed by atoms with Gasteiger partial charge in [0.1, 0.15) is 0 Å². The standard InChI is InChI=1S/C9H14O2.C8H18O3.C5H8O.C3H6O2.CH3/c1-3-5-6-7-8-9(10)11-4-2;1-5-9-8(4,10-6-2)11-7-3;1-3-5(6)4-2;1-2-3(4)5;/h3,5-6H,1,4,7-8H2,2H3;5-7H2,1-4H3;3-6H,1-2H2;2H2,1H3,(H,4,5);1H3/q;;;;-1/b6-5+;;;;. The van der Waals surface area contributed by atoms with Gasteiger partial charge in [0.05, 0.1) is 12.7 Å². The Bertz CT molecular complexity index is 490. The molecule has 0 radical (unpaired) electrons. The zero-order chi connectivity index (χ0) is 26.5. The summed E-state index contributed by atoms with van der Waals surface area (Å²) in [5, 5.41) is 16.2. The number of aliphatic hydroxyl groups is 1. The van der Waals surface area contributed by atoms with Gasteiger partial charge >= 0.3 is 11.9 Å². The zero-order valence-corrected chi connectivity index (χ0v) is 22.4. The predicted octanol–water partition coefficient (Wildman–Crippen LogP) is 5.49. The van der Waals surface area contributed by atoms with Crippen LogP contribution in [0.2, 0.25) is 0 Å². The van der Waals surface area contributed by atoms with Crippen molar-refractivity contribution < 1.29 is 38.7 Å². The van der Waals surface area contributed by atoms with Crippen molar-refractivity contribution in [3.8, 4) is 0 Å². The number of carboxylic acids is 1. The highest BCUT2D eigenvalue weighted by molar-refractivity contribution is 5.69. The summed E-state index contributed by atoms with van der Waals surface area (Å²) in [4.78, 5) is 20.1. The number of esters is 1. The first-order valence-corrected chi connectivity index (χ1v) is 11.1. The van der Waals surface area contributed by atoms with E-state index in [1.165, 1.54) is 12.2 Å². The molecule has 34 heavy (non-hydrogen) atoms. The smallest absolute Gasteiger partial charge is 0.306 e. The summed E-state index contributed by atoms with van der Waals surface area (Å²) < 4.78 is 20.5. The lowest BCUT2D eigenvalue weighted by Crippen LogP contribution is -2.35. The number of hydrogen-bond acceptors (Lipinski definition) is 7. The molecule has 0 aliphatic heterocycles. The van der Waals surface area contributed by atoms with E-state index in [9.17, 15) is 9.59 Å². The molecule has 0 spiro atoms. The quantitative estimate of drug-likeness (QED) is 0.108. The lowest BCUT2D eigenvalue weighted by molar-refractivity contribution is -0.365. The molecule has 0 rings (SSSR count). The summed E-state index contributed by atoms with van der Waals surface area (Å²) >= 11 is 0. The number of hydrogen-bond donors (Lipinski definition) is 2. The van der Waals surface area contributed by atoms with Gasteiger partial charge in [-0.25, -0.2) is 0 Å². The fraction of sp³-hybridized carbons (Fsp3) is 0.577. The molecule has 0 heterocycles. The van der Waals surface area contributed by atoms with E-state index in [0.717, 1.165) is 6.42 Å². The number of carbonyl (C=O) groups excluding carboxylic acids is 1. The van der Waals surface area contributed by atoms with Gasteiger partial charge < -0.3 is 36.6 Å². The second kappa shape index (κ2) is 32.9. The first-order chi connectivity index (χ1) is 15.6. The van der Waals surface area contributed by atoms with E-state index < -0.39 is 18.0 Å². The van der Waals surface area contributed by atoms with Gasteiger partial charge in [-0.05, 0) is 34.1 Å². The van der Waals surface area contributed by atoms with Crippen LogP contribution in [0, 0.1) is 7.43 Å². The minimum Gasteiger partial charge on any atom is -0.481 e. The predicted molar refractivity (Wildman–Crippen MR) is 139 cm³/mol. The third-order valence-corrected chi connectivity index (χ3v) is 3.10. The topological polar surface area (TPSA) is 112 Å². The summed E-state index contributed by atoms with van der Waals surface area (Å²) in [5.41, 5.74) is 0. The van der Waals surface area contributed by atoms with Crippen molar-refractivity contribution in [2.45, 2.75) is 72.9 Å². The first kappa shape index (κ1) is 41.9. The second-order valence-corrected chi connectivity index (χ2v) is 5.88. The molecule has 0 bridgehead atoms. The summed E-state index contributed by atoms with van der Waals surface area (Å²) in [6.45, 7) is 23.3. The Balaban J connectivity index is -0.000000115. The third-order valence-electron chi connectivity index (χ3n) is 3.10. The molecule has 0 unspecified atom stereocenters. The highest BCUT2D eigenvalue weighted by Crippen LogP contribution is 2.13. The van der Waals surface area contributed by atoms with Crippen molar-refractivity contribution in [1.29, 1.82) is 0 Å². The van der Waals surface area contributed by atoms with Crippen LogP contribution in [0.3, 0.4) is 0 Å².